The Labute approximate surface area is 170 Å². The van der Waals surface area contributed by atoms with Gasteiger partial charge < -0.3 is 10.1 Å². The molecule has 5 heteroatoms. The number of rotatable bonds is 2. The molecule has 1 N–H and O–H groups in total. The zero-order chi connectivity index (χ0) is 19.8. The summed E-state index contributed by atoms with van der Waals surface area (Å²) in [4.78, 5) is 13.2. The lowest BCUT2D eigenvalue weighted by molar-refractivity contribution is -0.214. The Balaban J connectivity index is 1.60. The molecule has 5 rings (SSSR count). The summed E-state index contributed by atoms with van der Waals surface area (Å²) in [5.74, 6) is -0.0432. The van der Waals surface area contributed by atoms with Crippen LogP contribution in [0.5, 0.6) is 0 Å². The van der Waals surface area contributed by atoms with Gasteiger partial charge in [0.05, 0.1) is 23.4 Å². The van der Waals surface area contributed by atoms with E-state index in [2.05, 4.69) is 29.6 Å². The molecule has 0 saturated carbocycles. The quantitative estimate of drug-likeness (QED) is 0.701. The fourth-order valence-corrected chi connectivity index (χ4v) is 4.27. The van der Waals surface area contributed by atoms with Crippen LogP contribution in [0.1, 0.15) is 40.1 Å². The molecule has 1 fully saturated rings. The Morgan fingerprint density at radius 3 is 2.21 bits per heavy atom. The highest BCUT2D eigenvalue weighted by atomic mass is 16.5. The van der Waals surface area contributed by atoms with Gasteiger partial charge in [0.2, 0.25) is 6.35 Å². The van der Waals surface area contributed by atoms with Gasteiger partial charge in [0.1, 0.15) is 0 Å². The summed E-state index contributed by atoms with van der Waals surface area (Å²) < 4.78 is 6.50. The van der Waals surface area contributed by atoms with Crippen LogP contribution in [-0.4, -0.2) is 29.3 Å². The average Bonchev–Trinajstić information content (AvgIpc) is 2.89. The van der Waals surface area contributed by atoms with Crippen molar-refractivity contribution in [2.75, 3.05) is 12.4 Å². The lowest BCUT2D eigenvalue weighted by Gasteiger charge is -2.47. The van der Waals surface area contributed by atoms with E-state index in [4.69, 9.17) is 4.74 Å². The molecular weight excluding hydrogens is 362 g/mol. The molecule has 0 spiro atoms. The summed E-state index contributed by atoms with van der Waals surface area (Å²) in [5, 5.41) is 7.18. The number of carbonyl (C=O) groups is 1. The van der Waals surface area contributed by atoms with Gasteiger partial charge in [0.25, 0.3) is 5.91 Å². The van der Waals surface area contributed by atoms with Crippen molar-refractivity contribution in [2.24, 2.45) is 0 Å². The van der Waals surface area contributed by atoms with Crippen LogP contribution in [0.15, 0.2) is 84.9 Å². The predicted octanol–water partition coefficient (Wildman–Crippen LogP) is 4.59. The molecule has 0 bridgehead atoms. The maximum atomic E-state index is 13.2. The molecule has 3 aromatic carbocycles. The maximum absolute atomic E-state index is 13.2. The average molecular weight is 385 g/mol. The smallest absolute Gasteiger partial charge is 0.270 e. The molecular formula is C24H23N3O2. The van der Waals surface area contributed by atoms with E-state index in [1.807, 2.05) is 72.7 Å². The van der Waals surface area contributed by atoms with Gasteiger partial charge in [-0.25, -0.2) is 0 Å². The molecule has 29 heavy (non-hydrogen) atoms. The second kappa shape index (κ2) is 7.35. The van der Waals surface area contributed by atoms with Crippen molar-refractivity contribution < 1.29 is 9.53 Å². The lowest BCUT2D eigenvalue weighted by atomic mass is 9.94. The number of hydrogen-bond acceptors (Lipinski definition) is 4. The van der Waals surface area contributed by atoms with E-state index in [0.29, 0.717) is 5.56 Å². The van der Waals surface area contributed by atoms with E-state index in [0.717, 1.165) is 23.2 Å². The molecule has 0 radical (unpaired) electrons. The van der Waals surface area contributed by atoms with Crippen LogP contribution >= 0.6 is 0 Å². The van der Waals surface area contributed by atoms with Gasteiger partial charge in [0, 0.05) is 7.05 Å². The first-order chi connectivity index (χ1) is 14.2. The minimum Gasteiger partial charge on any atom is -0.345 e. The predicted molar refractivity (Wildman–Crippen MR) is 112 cm³/mol. The number of nitrogens with zero attached hydrogens (tertiary/aromatic N) is 2. The highest BCUT2D eigenvalue weighted by molar-refractivity contribution is 5.99. The Morgan fingerprint density at radius 2 is 1.48 bits per heavy atom. The van der Waals surface area contributed by atoms with Gasteiger partial charge >= 0.3 is 0 Å². The van der Waals surface area contributed by atoms with Crippen LogP contribution in [0.3, 0.4) is 0 Å². The van der Waals surface area contributed by atoms with Crippen molar-refractivity contribution in [3.05, 3.63) is 102 Å². The zero-order valence-corrected chi connectivity index (χ0v) is 16.2. The third-order valence-electron chi connectivity index (χ3n) is 5.72. The minimum atomic E-state index is -0.461. The van der Waals surface area contributed by atoms with Gasteiger partial charge in [0.15, 0.2) is 0 Å². The van der Waals surface area contributed by atoms with Crippen molar-refractivity contribution in [1.82, 2.24) is 10.0 Å². The molecule has 2 aliphatic rings. The summed E-state index contributed by atoms with van der Waals surface area (Å²) in [6.45, 7) is 0. The topological polar surface area (TPSA) is 44.8 Å². The number of nitrogens with one attached hydrogen (secondary N) is 1. The van der Waals surface area contributed by atoms with Crippen molar-refractivity contribution in [3.8, 4) is 0 Å². The third kappa shape index (κ3) is 3.18. The number of fused-ring (bicyclic) bond motifs is 2. The minimum absolute atomic E-state index is 0.00378. The summed E-state index contributed by atoms with van der Waals surface area (Å²) in [6, 6.07) is 28.2. The third-order valence-corrected chi connectivity index (χ3v) is 5.72. The summed E-state index contributed by atoms with van der Waals surface area (Å²) in [5.41, 5.74) is 3.74. The molecule has 3 atom stereocenters. The van der Waals surface area contributed by atoms with Crippen molar-refractivity contribution in [2.45, 2.75) is 24.9 Å². The van der Waals surface area contributed by atoms with Crippen LogP contribution in [0.2, 0.25) is 0 Å². The standard InChI is InChI=1S/C24H23N3O2/c1-26-23(28)19-14-8-9-15-20(19)25-24-27(26)21(17-10-4-2-5-11-17)16-22(29-24)18-12-6-3-7-13-18/h2-15,21-22,24-25H,16H2,1H3/t21-,22+,24-/m1/s1. The van der Waals surface area contributed by atoms with E-state index in [1.165, 1.54) is 0 Å². The molecule has 0 unspecified atom stereocenters. The molecule has 1 amide bonds. The monoisotopic (exact) mass is 385 g/mol. The van der Waals surface area contributed by atoms with Crippen molar-refractivity contribution >= 4 is 11.6 Å². The fourth-order valence-electron chi connectivity index (χ4n) is 4.27. The highest BCUT2D eigenvalue weighted by Crippen LogP contribution is 2.43. The lowest BCUT2D eigenvalue weighted by Crippen LogP contribution is -2.56. The van der Waals surface area contributed by atoms with Crippen LogP contribution < -0.4 is 5.32 Å². The first kappa shape index (κ1) is 17.9. The van der Waals surface area contributed by atoms with Gasteiger partial charge in [-0.15, -0.1) is 0 Å². The molecule has 0 aromatic heterocycles. The summed E-state index contributed by atoms with van der Waals surface area (Å²) in [7, 11) is 1.82. The number of ether oxygens (including phenoxy) is 1. The largest absolute Gasteiger partial charge is 0.345 e. The first-order valence-corrected chi connectivity index (χ1v) is 9.89. The van der Waals surface area contributed by atoms with E-state index in [-0.39, 0.29) is 18.1 Å². The Hall–Kier alpha value is -3.15. The number of carbonyl (C=O) groups excluding carboxylic acids is 1. The second-order valence-electron chi connectivity index (χ2n) is 7.45. The first-order valence-electron chi connectivity index (χ1n) is 9.89. The van der Waals surface area contributed by atoms with Gasteiger partial charge in [-0.3, -0.25) is 9.80 Å². The van der Waals surface area contributed by atoms with Crippen LogP contribution in [0, 0.1) is 0 Å². The number of para-hydroxylation sites is 1. The van der Waals surface area contributed by atoms with E-state index < -0.39 is 6.35 Å². The van der Waals surface area contributed by atoms with Gasteiger partial charge in [-0.1, -0.05) is 72.8 Å². The SMILES string of the molecule is CN1C(=O)c2ccccc2N[C@H]2O[C@H](c3ccccc3)C[C@H](c3ccccc3)N21. The van der Waals surface area contributed by atoms with Crippen LogP contribution in [0.4, 0.5) is 5.69 Å². The number of hydrogen-bond donors (Lipinski definition) is 1. The molecule has 3 aromatic rings. The molecule has 2 heterocycles. The Bertz CT molecular complexity index is 1010. The van der Waals surface area contributed by atoms with E-state index >= 15 is 0 Å². The second-order valence-corrected chi connectivity index (χ2v) is 7.45. The number of hydrazine groups is 1. The normalized spacial score (nSPS) is 24.2. The summed E-state index contributed by atoms with van der Waals surface area (Å²) in [6.07, 6.45) is 0.209. The Kier molecular flexibility index (Phi) is 4.54. The number of amides is 1. The van der Waals surface area contributed by atoms with E-state index in [9.17, 15) is 4.79 Å². The molecule has 2 aliphatic heterocycles. The molecule has 146 valence electrons. The maximum Gasteiger partial charge on any atom is 0.270 e. The zero-order valence-electron chi connectivity index (χ0n) is 16.2. The fraction of sp³-hybridized carbons (Fsp3) is 0.208. The van der Waals surface area contributed by atoms with E-state index in [1.54, 1.807) is 5.01 Å². The summed E-state index contributed by atoms with van der Waals surface area (Å²) >= 11 is 0. The van der Waals surface area contributed by atoms with Crippen LogP contribution in [0.25, 0.3) is 0 Å². The molecule has 0 aliphatic carbocycles. The van der Waals surface area contributed by atoms with Gasteiger partial charge in [-0.05, 0) is 29.7 Å². The Morgan fingerprint density at radius 1 is 0.862 bits per heavy atom. The van der Waals surface area contributed by atoms with Gasteiger partial charge in [-0.2, -0.15) is 5.01 Å². The van der Waals surface area contributed by atoms with Crippen molar-refractivity contribution in [3.63, 3.8) is 0 Å². The molecule has 1 saturated heterocycles. The van der Waals surface area contributed by atoms with Crippen molar-refractivity contribution in [1.29, 1.82) is 0 Å². The number of benzene rings is 3. The number of anilines is 1. The van der Waals surface area contributed by atoms with Crippen LogP contribution in [-0.2, 0) is 4.74 Å². The molecule has 5 nitrogen and oxygen atoms in total. The highest BCUT2D eigenvalue weighted by Gasteiger charge is 2.43.